The van der Waals surface area contributed by atoms with Crippen molar-refractivity contribution in [3.05, 3.63) is 0 Å². The molecule has 2 fully saturated rings. The molecule has 2 aliphatic rings. The van der Waals surface area contributed by atoms with Crippen molar-refractivity contribution in [3.63, 3.8) is 0 Å². The Morgan fingerprint density at radius 3 is 2.64 bits per heavy atom. The van der Waals surface area contributed by atoms with Gasteiger partial charge in [-0.3, -0.25) is 0 Å². The molecule has 0 aromatic rings. The molecule has 0 radical (unpaired) electrons. The molecule has 0 amide bonds. The van der Waals surface area contributed by atoms with E-state index in [2.05, 4.69) is 13.8 Å². The van der Waals surface area contributed by atoms with Crippen molar-refractivity contribution in [3.8, 4) is 0 Å². The van der Waals surface area contributed by atoms with Crippen molar-refractivity contribution in [1.29, 1.82) is 0 Å². The van der Waals surface area contributed by atoms with Gasteiger partial charge in [-0.1, -0.05) is 13.8 Å². The van der Waals surface area contributed by atoms with Crippen LogP contribution in [-0.4, -0.2) is 24.9 Å². The van der Waals surface area contributed by atoms with Crippen LogP contribution in [0.5, 0.6) is 0 Å². The van der Waals surface area contributed by atoms with E-state index in [9.17, 15) is 0 Å². The third-order valence-electron chi connectivity index (χ3n) is 2.69. The van der Waals surface area contributed by atoms with E-state index in [-0.39, 0.29) is 0 Å². The summed E-state index contributed by atoms with van der Waals surface area (Å²) in [5.74, 6) is 0.705. The van der Waals surface area contributed by atoms with Gasteiger partial charge in [-0.15, -0.1) is 0 Å². The summed E-state index contributed by atoms with van der Waals surface area (Å²) in [4.78, 5) is 0. The van der Waals surface area contributed by atoms with E-state index in [1.165, 1.54) is 12.8 Å². The van der Waals surface area contributed by atoms with E-state index in [0.29, 0.717) is 24.2 Å². The molecule has 2 heteroatoms. The molecule has 2 saturated heterocycles. The lowest BCUT2D eigenvalue weighted by Gasteiger charge is -2.03. The SMILES string of the molecule is CCC1OC1CC(C)C1CO1. The maximum absolute atomic E-state index is 5.46. The van der Waals surface area contributed by atoms with Crippen LogP contribution in [0.25, 0.3) is 0 Å². The highest BCUT2D eigenvalue weighted by molar-refractivity contribution is 4.88. The van der Waals surface area contributed by atoms with Gasteiger partial charge in [0.15, 0.2) is 0 Å². The van der Waals surface area contributed by atoms with Crippen molar-refractivity contribution in [2.24, 2.45) is 5.92 Å². The van der Waals surface area contributed by atoms with E-state index >= 15 is 0 Å². The summed E-state index contributed by atoms with van der Waals surface area (Å²) in [7, 11) is 0. The normalized spacial score (nSPS) is 43.6. The molecule has 0 aliphatic carbocycles. The zero-order valence-corrected chi connectivity index (χ0v) is 7.25. The lowest BCUT2D eigenvalue weighted by atomic mass is 10.0. The summed E-state index contributed by atoms with van der Waals surface area (Å²) in [6, 6.07) is 0. The van der Waals surface area contributed by atoms with E-state index in [0.717, 1.165) is 6.61 Å². The Labute approximate surface area is 67.9 Å². The van der Waals surface area contributed by atoms with Crippen LogP contribution in [0, 0.1) is 5.92 Å². The average Bonchev–Trinajstić information content (AvgIpc) is 2.84. The lowest BCUT2D eigenvalue weighted by Crippen LogP contribution is -2.07. The maximum atomic E-state index is 5.46. The van der Waals surface area contributed by atoms with Gasteiger partial charge < -0.3 is 9.47 Å². The molecule has 11 heavy (non-hydrogen) atoms. The van der Waals surface area contributed by atoms with Crippen molar-refractivity contribution in [1.82, 2.24) is 0 Å². The fourth-order valence-corrected chi connectivity index (χ4v) is 1.65. The number of hydrogen-bond acceptors (Lipinski definition) is 2. The van der Waals surface area contributed by atoms with Crippen molar-refractivity contribution < 1.29 is 9.47 Å². The fraction of sp³-hybridized carbons (Fsp3) is 1.00. The quantitative estimate of drug-likeness (QED) is 0.577. The van der Waals surface area contributed by atoms with E-state index in [4.69, 9.17) is 9.47 Å². The van der Waals surface area contributed by atoms with E-state index in [1.807, 2.05) is 0 Å². The summed E-state index contributed by atoms with van der Waals surface area (Å²) in [5, 5.41) is 0. The van der Waals surface area contributed by atoms with Crippen LogP contribution in [0.4, 0.5) is 0 Å². The molecular formula is C9H16O2. The molecule has 0 aromatic heterocycles. The molecule has 2 aliphatic heterocycles. The monoisotopic (exact) mass is 156 g/mol. The van der Waals surface area contributed by atoms with Crippen molar-refractivity contribution in [2.75, 3.05) is 6.61 Å². The summed E-state index contributed by atoms with van der Waals surface area (Å²) < 4.78 is 10.7. The van der Waals surface area contributed by atoms with Gasteiger partial charge in [0.2, 0.25) is 0 Å². The first kappa shape index (κ1) is 7.56. The summed E-state index contributed by atoms with van der Waals surface area (Å²) in [6.45, 7) is 5.42. The second kappa shape index (κ2) is 2.76. The molecule has 2 rings (SSSR count). The van der Waals surface area contributed by atoms with Gasteiger partial charge in [0.1, 0.15) is 0 Å². The third kappa shape index (κ3) is 1.74. The minimum absolute atomic E-state index is 0.553. The van der Waals surface area contributed by atoms with Crippen LogP contribution in [0.15, 0.2) is 0 Å². The maximum Gasteiger partial charge on any atom is 0.0845 e. The van der Waals surface area contributed by atoms with Crippen molar-refractivity contribution >= 4 is 0 Å². The highest BCUT2D eigenvalue weighted by Gasteiger charge is 2.41. The van der Waals surface area contributed by atoms with E-state index in [1.54, 1.807) is 0 Å². The van der Waals surface area contributed by atoms with Gasteiger partial charge >= 0.3 is 0 Å². The molecule has 2 nitrogen and oxygen atoms in total. The largest absolute Gasteiger partial charge is 0.373 e. The second-order valence-corrected chi connectivity index (χ2v) is 3.71. The molecule has 4 atom stereocenters. The summed E-state index contributed by atoms with van der Waals surface area (Å²) in [6.07, 6.45) is 4.04. The van der Waals surface area contributed by atoms with Gasteiger partial charge in [0.05, 0.1) is 24.9 Å². The molecule has 0 bridgehead atoms. The summed E-state index contributed by atoms with van der Waals surface area (Å²) in [5.41, 5.74) is 0. The lowest BCUT2D eigenvalue weighted by molar-refractivity contribution is 0.294. The number of hydrogen-bond donors (Lipinski definition) is 0. The smallest absolute Gasteiger partial charge is 0.0845 e. The van der Waals surface area contributed by atoms with Gasteiger partial charge in [-0.25, -0.2) is 0 Å². The Morgan fingerprint density at radius 1 is 1.45 bits per heavy atom. The molecule has 0 saturated carbocycles. The molecule has 0 aromatic carbocycles. The number of rotatable bonds is 4. The van der Waals surface area contributed by atoms with Crippen LogP contribution in [0.3, 0.4) is 0 Å². The second-order valence-electron chi connectivity index (χ2n) is 3.71. The van der Waals surface area contributed by atoms with Gasteiger partial charge in [-0.2, -0.15) is 0 Å². The number of epoxide rings is 2. The van der Waals surface area contributed by atoms with Gasteiger partial charge in [0, 0.05) is 0 Å². The highest BCUT2D eigenvalue weighted by atomic mass is 16.6. The van der Waals surface area contributed by atoms with Crippen LogP contribution >= 0.6 is 0 Å². The predicted molar refractivity (Wildman–Crippen MR) is 42.5 cm³/mol. The Morgan fingerprint density at radius 2 is 2.18 bits per heavy atom. The third-order valence-corrected chi connectivity index (χ3v) is 2.69. The standard InChI is InChI=1S/C9H16O2/c1-3-7-8(11-7)4-6(2)9-5-10-9/h6-9H,3-5H2,1-2H3. The Kier molecular flexibility index (Phi) is 1.90. The molecule has 0 spiro atoms. The van der Waals surface area contributed by atoms with Crippen LogP contribution in [0.1, 0.15) is 26.7 Å². The first-order valence-corrected chi connectivity index (χ1v) is 4.58. The number of ether oxygens (including phenoxy) is 2. The Hall–Kier alpha value is -0.0800. The summed E-state index contributed by atoms with van der Waals surface area (Å²) >= 11 is 0. The minimum Gasteiger partial charge on any atom is -0.373 e. The Balaban J connectivity index is 1.66. The first-order chi connectivity index (χ1) is 5.31. The minimum atomic E-state index is 0.553. The topological polar surface area (TPSA) is 25.1 Å². The highest BCUT2D eigenvalue weighted by Crippen LogP contribution is 2.34. The van der Waals surface area contributed by atoms with E-state index < -0.39 is 0 Å². The first-order valence-electron chi connectivity index (χ1n) is 4.58. The van der Waals surface area contributed by atoms with Gasteiger partial charge in [-0.05, 0) is 18.8 Å². The molecule has 4 unspecified atom stereocenters. The van der Waals surface area contributed by atoms with Gasteiger partial charge in [0.25, 0.3) is 0 Å². The Bertz CT molecular complexity index is 142. The molecular weight excluding hydrogens is 140 g/mol. The molecule has 64 valence electrons. The van der Waals surface area contributed by atoms with Crippen LogP contribution in [-0.2, 0) is 9.47 Å². The van der Waals surface area contributed by atoms with Crippen molar-refractivity contribution in [2.45, 2.75) is 45.0 Å². The molecule has 2 heterocycles. The van der Waals surface area contributed by atoms with Crippen LogP contribution in [0.2, 0.25) is 0 Å². The molecule has 0 N–H and O–H groups in total. The zero-order valence-electron chi connectivity index (χ0n) is 7.25. The van der Waals surface area contributed by atoms with Crippen LogP contribution < -0.4 is 0 Å². The zero-order chi connectivity index (χ0) is 7.84. The predicted octanol–water partition coefficient (Wildman–Crippen LogP) is 1.59. The fourth-order valence-electron chi connectivity index (χ4n) is 1.65. The average molecular weight is 156 g/mol.